The second-order valence-electron chi connectivity index (χ2n) is 7.26. The standard InChI is InChI=1S/C21H20ClFN2O4/c22-15-4-1-13(10-16(15)23)21(28)25-8-7-19(18(26)11-25)29-14-3-5-17-12(9-14)2-6-20(27)24-17/h1,3-5,9-10,18-19,26H,2,6-8,11H2,(H,24,27)/t18-,19-/m1/s1. The lowest BCUT2D eigenvalue weighted by molar-refractivity contribution is -0.116. The van der Waals surface area contributed by atoms with E-state index >= 15 is 0 Å². The molecular weight excluding hydrogens is 399 g/mol. The number of amides is 2. The minimum Gasteiger partial charge on any atom is -0.488 e. The maximum absolute atomic E-state index is 13.6. The summed E-state index contributed by atoms with van der Waals surface area (Å²) in [6, 6.07) is 9.33. The summed E-state index contributed by atoms with van der Waals surface area (Å²) in [5.74, 6) is -0.398. The fourth-order valence-electron chi connectivity index (χ4n) is 3.65. The molecule has 0 unspecified atom stereocenters. The number of carbonyl (C=O) groups is 2. The first kappa shape index (κ1) is 19.7. The van der Waals surface area contributed by atoms with E-state index in [4.69, 9.17) is 16.3 Å². The van der Waals surface area contributed by atoms with Crippen molar-refractivity contribution in [3.8, 4) is 5.75 Å². The zero-order valence-corrected chi connectivity index (χ0v) is 16.3. The first-order chi connectivity index (χ1) is 13.9. The minimum absolute atomic E-state index is 0.000742. The van der Waals surface area contributed by atoms with Gasteiger partial charge in [-0.2, -0.15) is 0 Å². The van der Waals surface area contributed by atoms with E-state index in [1.165, 1.54) is 17.0 Å². The molecular formula is C21H20ClFN2O4. The van der Waals surface area contributed by atoms with Gasteiger partial charge in [-0.25, -0.2) is 4.39 Å². The number of anilines is 1. The number of piperidine rings is 1. The molecule has 2 aliphatic heterocycles. The number of aryl methyl sites for hydroxylation is 1. The maximum Gasteiger partial charge on any atom is 0.254 e. The Labute approximate surface area is 172 Å². The molecule has 29 heavy (non-hydrogen) atoms. The van der Waals surface area contributed by atoms with E-state index in [1.807, 2.05) is 6.07 Å². The number of halogens is 2. The van der Waals surface area contributed by atoms with Crippen LogP contribution in [0.2, 0.25) is 5.02 Å². The number of likely N-dealkylation sites (tertiary alicyclic amines) is 1. The highest BCUT2D eigenvalue weighted by molar-refractivity contribution is 6.30. The van der Waals surface area contributed by atoms with E-state index < -0.39 is 18.0 Å². The zero-order chi connectivity index (χ0) is 20.5. The van der Waals surface area contributed by atoms with Gasteiger partial charge in [0, 0.05) is 30.6 Å². The molecule has 0 bridgehead atoms. The van der Waals surface area contributed by atoms with Crippen LogP contribution in [0.25, 0.3) is 0 Å². The number of carbonyl (C=O) groups excluding carboxylic acids is 2. The third kappa shape index (κ3) is 4.21. The fourth-order valence-corrected chi connectivity index (χ4v) is 3.77. The molecule has 152 valence electrons. The Hall–Kier alpha value is -2.64. The Morgan fingerprint density at radius 2 is 2.07 bits per heavy atom. The Balaban J connectivity index is 1.40. The Kier molecular flexibility index (Phi) is 5.43. The number of β-amino-alcohol motifs (C(OH)–C–C–N with tert-alkyl or cyclic N) is 1. The summed E-state index contributed by atoms with van der Waals surface area (Å²) >= 11 is 5.66. The Morgan fingerprint density at radius 3 is 2.83 bits per heavy atom. The van der Waals surface area contributed by atoms with Crippen LogP contribution in [0, 0.1) is 5.82 Å². The predicted molar refractivity (Wildman–Crippen MR) is 106 cm³/mol. The molecule has 2 N–H and O–H groups in total. The molecule has 1 fully saturated rings. The van der Waals surface area contributed by atoms with Gasteiger partial charge >= 0.3 is 0 Å². The monoisotopic (exact) mass is 418 g/mol. The highest BCUT2D eigenvalue weighted by Gasteiger charge is 2.32. The number of benzene rings is 2. The van der Waals surface area contributed by atoms with Crippen molar-refractivity contribution in [2.45, 2.75) is 31.5 Å². The minimum atomic E-state index is -0.874. The van der Waals surface area contributed by atoms with Gasteiger partial charge in [0.15, 0.2) is 0 Å². The smallest absolute Gasteiger partial charge is 0.254 e. The van der Waals surface area contributed by atoms with Crippen LogP contribution in [-0.2, 0) is 11.2 Å². The summed E-state index contributed by atoms with van der Waals surface area (Å²) in [5, 5.41) is 13.3. The van der Waals surface area contributed by atoms with Crippen LogP contribution in [0.5, 0.6) is 5.75 Å². The van der Waals surface area contributed by atoms with E-state index in [0.717, 1.165) is 17.3 Å². The highest BCUT2D eigenvalue weighted by atomic mass is 35.5. The third-order valence-corrected chi connectivity index (χ3v) is 5.54. The van der Waals surface area contributed by atoms with Gasteiger partial charge in [-0.15, -0.1) is 0 Å². The van der Waals surface area contributed by atoms with Gasteiger partial charge in [0.25, 0.3) is 5.91 Å². The van der Waals surface area contributed by atoms with Gasteiger partial charge in [-0.05, 0) is 48.4 Å². The third-order valence-electron chi connectivity index (χ3n) is 5.23. The van der Waals surface area contributed by atoms with E-state index in [0.29, 0.717) is 31.6 Å². The number of nitrogens with one attached hydrogen (secondary N) is 1. The molecule has 2 amide bonds. The van der Waals surface area contributed by atoms with Gasteiger partial charge in [0.2, 0.25) is 5.91 Å². The largest absolute Gasteiger partial charge is 0.488 e. The zero-order valence-electron chi connectivity index (χ0n) is 15.5. The Bertz CT molecular complexity index is 968. The van der Waals surface area contributed by atoms with E-state index in [9.17, 15) is 19.1 Å². The molecule has 2 atom stereocenters. The van der Waals surface area contributed by atoms with Gasteiger partial charge in [-0.1, -0.05) is 11.6 Å². The van der Waals surface area contributed by atoms with Crippen LogP contribution in [0.15, 0.2) is 36.4 Å². The second-order valence-corrected chi connectivity index (χ2v) is 7.67. The highest BCUT2D eigenvalue weighted by Crippen LogP contribution is 2.29. The van der Waals surface area contributed by atoms with Crippen molar-refractivity contribution in [2.75, 3.05) is 18.4 Å². The number of nitrogens with zero attached hydrogens (tertiary/aromatic N) is 1. The first-order valence-electron chi connectivity index (χ1n) is 9.42. The summed E-state index contributed by atoms with van der Waals surface area (Å²) in [6.45, 7) is 0.473. The topological polar surface area (TPSA) is 78.9 Å². The van der Waals surface area contributed by atoms with Crippen LogP contribution < -0.4 is 10.1 Å². The summed E-state index contributed by atoms with van der Waals surface area (Å²) in [6.07, 6.45) is 0.186. The molecule has 2 aliphatic rings. The first-order valence-corrected chi connectivity index (χ1v) is 9.80. The van der Waals surface area contributed by atoms with E-state index in [1.54, 1.807) is 12.1 Å². The summed E-state index contributed by atoms with van der Waals surface area (Å²) in [5.41, 5.74) is 1.97. The lowest BCUT2D eigenvalue weighted by Crippen LogP contribution is -2.51. The molecule has 2 aromatic carbocycles. The molecule has 2 heterocycles. The van der Waals surface area contributed by atoms with Crippen LogP contribution in [0.4, 0.5) is 10.1 Å². The molecule has 2 aromatic rings. The van der Waals surface area contributed by atoms with Crippen LogP contribution >= 0.6 is 11.6 Å². The summed E-state index contributed by atoms with van der Waals surface area (Å²) in [4.78, 5) is 25.5. The predicted octanol–water partition coefficient (Wildman–Crippen LogP) is 3.02. The lowest BCUT2D eigenvalue weighted by Gasteiger charge is -2.36. The van der Waals surface area contributed by atoms with Crippen LogP contribution in [-0.4, -0.2) is 47.1 Å². The van der Waals surface area contributed by atoms with Crippen molar-refractivity contribution in [3.63, 3.8) is 0 Å². The number of fused-ring (bicyclic) bond motifs is 1. The number of aliphatic hydroxyl groups is 1. The van der Waals surface area contributed by atoms with Crippen molar-refractivity contribution in [1.29, 1.82) is 0 Å². The molecule has 0 radical (unpaired) electrons. The van der Waals surface area contributed by atoms with Crippen molar-refractivity contribution in [2.24, 2.45) is 0 Å². The molecule has 0 spiro atoms. The average molecular weight is 419 g/mol. The summed E-state index contributed by atoms with van der Waals surface area (Å²) in [7, 11) is 0. The van der Waals surface area contributed by atoms with Crippen LogP contribution in [0.3, 0.4) is 0 Å². The second kappa shape index (κ2) is 8.00. The SMILES string of the molecule is O=C1CCc2cc(O[C@@H]3CCN(C(=O)c4ccc(Cl)c(F)c4)C[C@H]3O)ccc2N1. The van der Waals surface area contributed by atoms with Crippen molar-refractivity contribution >= 4 is 29.1 Å². The fraction of sp³-hybridized carbons (Fsp3) is 0.333. The van der Waals surface area contributed by atoms with E-state index in [-0.39, 0.29) is 28.9 Å². The molecule has 0 saturated carbocycles. The van der Waals surface area contributed by atoms with Gasteiger partial charge in [0.05, 0.1) is 11.6 Å². The molecule has 6 nitrogen and oxygen atoms in total. The number of hydrogen-bond acceptors (Lipinski definition) is 4. The van der Waals surface area contributed by atoms with Crippen molar-refractivity contribution < 1.29 is 23.8 Å². The number of ether oxygens (including phenoxy) is 1. The molecule has 0 aliphatic carbocycles. The van der Waals surface area contributed by atoms with Crippen LogP contribution in [0.1, 0.15) is 28.8 Å². The molecule has 0 aromatic heterocycles. The van der Waals surface area contributed by atoms with Crippen molar-refractivity contribution in [1.82, 2.24) is 4.90 Å². The normalized spacial score (nSPS) is 21.3. The quantitative estimate of drug-likeness (QED) is 0.803. The lowest BCUT2D eigenvalue weighted by atomic mass is 10.0. The molecule has 8 heteroatoms. The Morgan fingerprint density at radius 1 is 1.24 bits per heavy atom. The van der Waals surface area contributed by atoms with Crippen molar-refractivity contribution in [3.05, 3.63) is 58.4 Å². The number of rotatable bonds is 3. The molecule has 1 saturated heterocycles. The number of aliphatic hydroxyl groups excluding tert-OH is 1. The van der Waals surface area contributed by atoms with E-state index in [2.05, 4.69) is 5.32 Å². The maximum atomic E-state index is 13.6. The van der Waals surface area contributed by atoms with Gasteiger partial charge < -0.3 is 20.1 Å². The van der Waals surface area contributed by atoms with Gasteiger partial charge in [-0.3, -0.25) is 9.59 Å². The summed E-state index contributed by atoms with van der Waals surface area (Å²) < 4.78 is 19.6. The average Bonchev–Trinajstić information content (AvgIpc) is 2.71. The molecule has 4 rings (SSSR count). The van der Waals surface area contributed by atoms with Gasteiger partial charge in [0.1, 0.15) is 23.8 Å². The number of hydrogen-bond donors (Lipinski definition) is 2.